The summed E-state index contributed by atoms with van der Waals surface area (Å²) in [7, 11) is -3.21. The minimum atomic E-state index is -3.21. The van der Waals surface area contributed by atoms with Crippen molar-refractivity contribution in [3.8, 4) is 0 Å². The predicted octanol–water partition coefficient (Wildman–Crippen LogP) is 2.27. The molecule has 11 heteroatoms. The standard InChI is InChI=1S/C21H27FN6O3S/c1-14-18-11-17(4-3-15(18)5-8-27(14)13-29)25-21-23-12-19(22)20(26-21)24-16-6-9-28(10-7-16)32(2,30)31/h3-4,11-14,16H,5-10H2,1-2H3,(H2,23,24,25,26). The maximum atomic E-state index is 14.3. The first-order valence-electron chi connectivity index (χ1n) is 10.6. The van der Waals surface area contributed by atoms with Crippen LogP contribution < -0.4 is 10.6 Å². The number of nitrogens with one attached hydrogen (secondary N) is 2. The second kappa shape index (κ2) is 8.99. The number of carbonyl (C=O) groups excluding carboxylic acids is 1. The van der Waals surface area contributed by atoms with Gasteiger partial charge in [0, 0.05) is 31.4 Å². The zero-order valence-corrected chi connectivity index (χ0v) is 18.9. The lowest BCUT2D eigenvalue weighted by Crippen LogP contribution is -2.42. The van der Waals surface area contributed by atoms with Crippen LogP contribution in [0.4, 0.5) is 21.8 Å². The van der Waals surface area contributed by atoms with Gasteiger partial charge < -0.3 is 15.5 Å². The van der Waals surface area contributed by atoms with E-state index >= 15 is 0 Å². The van der Waals surface area contributed by atoms with Gasteiger partial charge in [0.05, 0.1) is 18.5 Å². The van der Waals surface area contributed by atoms with Gasteiger partial charge in [0.1, 0.15) is 0 Å². The molecule has 1 aromatic carbocycles. The largest absolute Gasteiger partial charge is 0.365 e. The maximum Gasteiger partial charge on any atom is 0.229 e. The molecule has 4 rings (SSSR count). The molecular weight excluding hydrogens is 435 g/mol. The van der Waals surface area contributed by atoms with Crippen LogP contribution in [0.1, 0.15) is 36.9 Å². The number of sulfonamides is 1. The summed E-state index contributed by atoms with van der Waals surface area (Å²) in [5.41, 5.74) is 3.01. The van der Waals surface area contributed by atoms with Crippen LogP contribution in [0.3, 0.4) is 0 Å². The van der Waals surface area contributed by atoms with E-state index in [1.165, 1.54) is 16.1 Å². The number of rotatable bonds is 6. The molecule has 1 saturated heterocycles. The summed E-state index contributed by atoms with van der Waals surface area (Å²) in [5, 5.41) is 6.20. The van der Waals surface area contributed by atoms with Crippen molar-refractivity contribution in [3.05, 3.63) is 41.3 Å². The van der Waals surface area contributed by atoms with E-state index in [2.05, 4.69) is 20.6 Å². The third kappa shape index (κ3) is 4.83. The van der Waals surface area contributed by atoms with Crippen molar-refractivity contribution in [1.29, 1.82) is 0 Å². The molecule has 0 aliphatic carbocycles. The molecule has 0 saturated carbocycles. The van der Waals surface area contributed by atoms with Crippen molar-refractivity contribution < 1.29 is 17.6 Å². The van der Waals surface area contributed by atoms with Crippen molar-refractivity contribution in [2.75, 3.05) is 36.5 Å². The van der Waals surface area contributed by atoms with Gasteiger partial charge in [-0.2, -0.15) is 4.98 Å². The number of nitrogens with zero attached hydrogens (tertiary/aromatic N) is 4. The monoisotopic (exact) mass is 462 g/mol. The first-order valence-corrected chi connectivity index (χ1v) is 12.4. The van der Waals surface area contributed by atoms with E-state index in [0.29, 0.717) is 32.5 Å². The Morgan fingerprint density at radius 1 is 1.22 bits per heavy atom. The highest BCUT2D eigenvalue weighted by Gasteiger charge is 2.26. The van der Waals surface area contributed by atoms with Crippen LogP contribution >= 0.6 is 0 Å². The van der Waals surface area contributed by atoms with Crippen LogP contribution in [0.5, 0.6) is 0 Å². The SMILES string of the molecule is CC1c2cc(Nc3ncc(F)c(NC4CCN(S(C)(=O)=O)CC4)n3)ccc2CCN1C=O. The second-order valence-electron chi connectivity index (χ2n) is 8.28. The fourth-order valence-corrected chi connectivity index (χ4v) is 5.11. The molecule has 3 heterocycles. The highest BCUT2D eigenvalue weighted by Crippen LogP contribution is 2.31. The zero-order chi connectivity index (χ0) is 22.9. The van der Waals surface area contributed by atoms with Crippen molar-refractivity contribution >= 4 is 33.9 Å². The van der Waals surface area contributed by atoms with Gasteiger partial charge in [-0.1, -0.05) is 6.07 Å². The first-order chi connectivity index (χ1) is 15.2. The highest BCUT2D eigenvalue weighted by atomic mass is 32.2. The molecule has 172 valence electrons. The Kier molecular flexibility index (Phi) is 6.29. The molecule has 9 nitrogen and oxygen atoms in total. The number of amides is 1. The lowest BCUT2D eigenvalue weighted by molar-refractivity contribution is -0.120. The number of carbonyl (C=O) groups is 1. The molecule has 0 bridgehead atoms. The normalized spacial score (nSPS) is 20.0. The molecular formula is C21H27FN6O3S. The minimum absolute atomic E-state index is 0.0258. The van der Waals surface area contributed by atoms with Crippen LogP contribution in [-0.2, 0) is 21.2 Å². The third-order valence-corrected chi connectivity index (χ3v) is 7.44. The average molecular weight is 463 g/mol. The van der Waals surface area contributed by atoms with Gasteiger partial charge in [-0.3, -0.25) is 4.79 Å². The number of aromatic nitrogens is 2. The second-order valence-corrected chi connectivity index (χ2v) is 10.3. The van der Waals surface area contributed by atoms with Crippen LogP contribution in [0.25, 0.3) is 0 Å². The molecule has 2 aliphatic heterocycles. The molecule has 1 unspecified atom stereocenters. The van der Waals surface area contributed by atoms with Gasteiger partial charge in [0.2, 0.25) is 22.4 Å². The highest BCUT2D eigenvalue weighted by molar-refractivity contribution is 7.88. The fourth-order valence-electron chi connectivity index (χ4n) is 4.24. The molecule has 0 spiro atoms. The minimum Gasteiger partial charge on any atom is -0.365 e. The third-order valence-electron chi connectivity index (χ3n) is 6.13. The van der Waals surface area contributed by atoms with Crippen molar-refractivity contribution in [2.45, 2.75) is 38.3 Å². The number of benzene rings is 1. The van der Waals surface area contributed by atoms with Gasteiger partial charge >= 0.3 is 0 Å². The molecule has 1 aromatic heterocycles. The molecule has 32 heavy (non-hydrogen) atoms. The van der Waals surface area contributed by atoms with Gasteiger partial charge in [-0.25, -0.2) is 22.1 Å². The van der Waals surface area contributed by atoms with Gasteiger partial charge in [-0.05, 0) is 49.4 Å². The zero-order valence-electron chi connectivity index (χ0n) is 18.1. The van der Waals surface area contributed by atoms with E-state index in [1.807, 2.05) is 25.1 Å². The van der Waals surface area contributed by atoms with E-state index < -0.39 is 15.8 Å². The molecule has 2 N–H and O–H groups in total. The lowest BCUT2D eigenvalue weighted by Gasteiger charge is -2.32. The summed E-state index contributed by atoms with van der Waals surface area (Å²) in [6.07, 6.45) is 5.11. The fraction of sp³-hybridized carbons (Fsp3) is 0.476. The Bertz CT molecular complexity index is 1100. The molecule has 1 atom stereocenters. The summed E-state index contributed by atoms with van der Waals surface area (Å²) in [4.78, 5) is 21.4. The molecule has 2 aromatic rings. The number of halogens is 1. The Hall–Kier alpha value is -2.79. The molecule has 1 fully saturated rings. The number of piperidine rings is 1. The average Bonchev–Trinajstić information content (AvgIpc) is 2.76. The van der Waals surface area contributed by atoms with E-state index in [1.54, 1.807) is 4.90 Å². The summed E-state index contributed by atoms with van der Waals surface area (Å²) in [6, 6.07) is 5.81. The number of hydrogen-bond donors (Lipinski definition) is 2. The smallest absolute Gasteiger partial charge is 0.229 e. The van der Waals surface area contributed by atoms with Crippen molar-refractivity contribution in [3.63, 3.8) is 0 Å². The van der Waals surface area contributed by atoms with Crippen LogP contribution in [0.15, 0.2) is 24.4 Å². The Morgan fingerprint density at radius 2 is 1.97 bits per heavy atom. The van der Waals surface area contributed by atoms with Gasteiger partial charge in [0.15, 0.2) is 11.6 Å². The number of hydrogen-bond acceptors (Lipinski definition) is 7. The summed E-state index contributed by atoms with van der Waals surface area (Å²) in [5.74, 6) is -0.237. The molecule has 1 amide bonds. The Labute approximate surface area is 187 Å². The van der Waals surface area contributed by atoms with Crippen molar-refractivity contribution in [1.82, 2.24) is 19.2 Å². The van der Waals surface area contributed by atoms with Crippen LogP contribution in [0, 0.1) is 5.82 Å². The summed E-state index contributed by atoms with van der Waals surface area (Å²) >= 11 is 0. The van der Waals surface area contributed by atoms with E-state index in [0.717, 1.165) is 30.3 Å². The van der Waals surface area contributed by atoms with Gasteiger partial charge in [0.25, 0.3) is 0 Å². The maximum absolute atomic E-state index is 14.3. The Balaban J connectivity index is 1.46. The van der Waals surface area contributed by atoms with Crippen LogP contribution in [-0.4, -0.2) is 65.9 Å². The van der Waals surface area contributed by atoms with E-state index in [-0.39, 0.29) is 23.8 Å². The number of anilines is 3. The molecule has 2 aliphatic rings. The topological polar surface area (TPSA) is 108 Å². The van der Waals surface area contributed by atoms with Crippen LogP contribution in [0.2, 0.25) is 0 Å². The lowest BCUT2D eigenvalue weighted by atomic mass is 9.93. The predicted molar refractivity (Wildman–Crippen MR) is 120 cm³/mol. The van der Waals surface area contributed by atoms with E-state index in [9.17, 15) is 17.6 Å². The van der Waals surface area contributed by atoms with Crippen molar-refractivity contribution in [2.24, 2.45) is 0 Å². The Morgan fingerprint density at radius 3 is 2.66 bits per heavy atom. The molecule has 0 radical (unpaired) electrons. The quantitative estimate of drug-likeness (QED) is 0.634. The van der Waals surface area contributed by atoms with E-state index in [4.69, 9.17) is 0 Å². The van der Waals surface area contributed by atoms with Gasteiger partial charge in [-0.15, -0.1) is 0 Å². The number of fused-ring (bicyclic) bond motifs is 1. The summed E-state index contributed by atoms with van der Waals surface area (Å²) in [6.45, 7) is 3.46. The first kappa shape index (κ1) is 22.4. The summed E-state index contributed by atoms with van der Waals surface area (Å²) < 4.78 is 39.1.